The maximum Gasteiger partial charge on any atom is 0.187 e. The van der Waals surface area contributed by atoms with Crippen LogP contribution < -0.4 is 0 Å². The van der Waals surface area contributed by atoms with Crippen molar-refractivity contribution < 1.29 is 29.9 Å². The summed E-state index contributed by atoms with van der Waals surface area (Å²) in [5.74, 6) is 0.709. The molecule has 0 radical (unpaired) electrons. The molecule has 3 fully saturated rings. The van der Waals surface area contributed by atoms with Gasteiger partial charge in [0.1, 0.15) is 18.3 Å². The molecule has 2 aliphatic carbocycles. The van der Waals surface area contributed by atoms with E-state index in [1.165, 1.54) is 12.8 Å². The van der Waals surface area contributed by atoms with Crippen LogP contribution in [0.15, 0.2) is 12.7 Å². The summed E-state index contributed by atoms with van der Waals surface area (Å²) < 4.78 is 11.5. The number of rotatable bonds is 6. The molecular weight excluding hydrogens is 396 g/mol. The second kappa shape index (κ2) is 8.69. The van der Waals surface area contributed by atoms with E-state index in [2.05, 4.69) is 27.4 Å². The molecule has 180 valence electrons. The molecule has 3 aliphatic rings. The van der Waals surface area contributed by atoms with E-state index in [9.17, 15) is 20.4 Å². The number of hydrogen-bond donors (Lipinski definition) is 4. The summed E-state index contributed by atoms with van der Waals surface area (Å²) >= 11 is 0. The fraction of sp³-hybridized carbons (Fsp3) is 0.920. The molecule has 0 spiro atoms. The van der Waals surface area contributed by atoms with Crippen LogP contribution in [-0.4, -0.2) is 62.8 Å². The van der Waals surface area contributed by atoms with Crippen LogP contribution in [0.2, 0.25) is 0 Å². The Morgan fingerprint density at radius 3 is 2.42 bits per heavy atom. The van der Waals surface area contributed by atoms with Crippen molar-refractivity contribution in [2.24, 2.45) is 22.7 Å². The van der Waals surface area contributed by atoms with Gasteiger partial charge in [-0.25, -0.2) is 0 Å². The van der Waals surface area contributed by atoms with Gasteiger partial charge in [0, 0.05) is 0 Å². The van der Waals surface area contributed by atoms with Crippen LogP contribution in [0.25, 0.3) is 0 Å². The normalized spacial score (nSPS) is 47.3. The summed E-state index contributed by atoms with van der Waals surface area (Å²) in [6.45, 7) is 14.9. The Hall–Kier alpha value is -0.500. The van der Waals surface area contributed by atoms with Crippen LogP contribution in [0.5, 0.6) is 0 Å². The molecule has 1 aliphatic heterocycles. The molecule has 1 saturated heterocycles. The van der Waals surface area contributed by atoms with E-state index in [1.54, 1.807) is 6.08 Å². The number of aliphatic hydroxyl groups is 4. The lowest BCUT2D eigenvalue weighted by Gasteiger charge is -2.61. The van der Waals surface area contributed by atoms with Gasteiger partial charge >= 0.3 is 0 Å². The van der Waals surface area contributed by atoms with Gasteiger partial charge in [-0.1, -0.05) is 33.3 Å². The lowest BCUT2D eigenvalue weighted by Crippen LogP contribution is -2.58. The van der Waals surface area contributed by atoms with E-state index in [1.807, 2.05) is 13.8 Å². The molecule has 9 atom stereocenters. The minimum Gasteiger partial charge on any atom is -0.390 e. The highest BCUT2D eigenvalue weighted by Crippen LogP contribution is 2.63. The summed E-state index contributed by atoms with van der Waals surface area (Å²) in [5, 5.41) is 41.4. The van der Waals surface area contributed by atoms with Crippen molar-refractivity contribution in [1.82, 2.24) is 0 Å². The lowest BCUT2D eigenvalue weighted by atomic mass is 9.45. The zero-order valence-electron chi connectivity index (χ0n) is 20.0. The highest BCUT2D eigenvalue weighted by atomic mass is 16.7. The molecule has 31 heavy (non-hydrogen) atoms. The van der Waals surface area contributed by atoms with E-state index in [4.69, 9.17) is 9.47 Å². The van der Waals surface area contributed by atoms with Gasteiger partial charge in [0.15, 0.2) is 6.29 Å². The standard InChI is InChI=1S/C25H44O6/c1-7-23(4,31-21-20(28)19(27)16(26)15-30-21)13-9-18-24(5)12-8-11-22(2,3)17(24)10-14-25(18,6)29/h7,16-21,26-29H,1,8-15H2,2-6H3/t16-,17+,18-,19-,20-,21+,23-,24+,25-/m1/s1. The molecule has 2 saturated carbocycles. The summed E-state index contributed by atoms with van der Waals surface area (Å²) in [4.78, 5) is 0. The third-order valence-electron chi connectivity index (χ3n) is 8.96. The third kappa shape index (κ3) is 4.75. The van der Waals surface area contributed by atoms with Crippen molar-refractivity contribution in [3.05, 3.63) is 12.7 Å². The van der Waals surface area contributed by atoms with Crippen molar-refractivity contribution in [1.29, 1.82) is 0 Å². The lowest BCUT2D eigenvalue weighted by molar-refractivity contribution is -0.293. The molecular formula is C25H44O6. The van der Waals surface area contributed by atoms with Gasteiger partial charge in [-0.15, -0.1) is 6.58 Å². The van der Waals surface area contributed by atoms with Gasteiger partial charge in [0.2, 0.25) is 0 Å². The highest BCUT2D eigenvalue weighted by molar-refractivity contribution is 5.08. The first-order valence-corrected chi connectivity index (χ1v) is 12.0. The number of fused-ring (bicyclic) bond motifs is 1. The van der Waals surface area contributed by atoms with Gasteiger partial charge in [-0.05, 0) is 75.0 Å². The maximum absolute atomic E-state index is 11.4. The van der Waals surface area contributed by atoms with Crippen LogP contribution in [-0.2, 0) is 9.47 Å². The van der Waals surface area contributed by atoms with Gasteiger partial charge in [-0.2, -0.15) is 0 Å². The van der Waals surface area contributed by atoms with Gasteiger partial charge in [0.25, 0.3) is 0 Å². The minimum absolute atomic E-state index is 0.0622. The van der Waals surface area contributed by atoms with E-state index in [-0.39, 0.29) is 23.4 Å². The number of ether oxygens (including phenoxy) is 2. The molecule has 6 heteroatoms. The van der Waals surface area contributed by atoms with Crippen LogP contribution >= 0.6 is 0 Å². The van der Waals surface area contributed by atoms with Crippen molar-refractivity contribution >= 4 is 0 Å². The van der Waals surface area contributed by atoms with Crippen LogP contribution in [0.4, 0.5) is 0 Å². The Balaban J connectivity index is 1.75. The predicted molar refractivity (Wildman–Crippen MR) is 119 cm³/mol. The second-order valence-electron chi connectivity index (χ2n) is 11.8. The van der Waals surface area contributed by atoms with Gasteiger partial charge in [-0.3, -0.25) is 0 Å². The molecule has 0 aromatic carbocycles. The van der Waals surface area contributed by atoms with E-state index >= 15 is 0 Å². The summed E-state index contributed by atoms with van der Waals surface area (Å²) in [7, 11) is 0. The third-order valence-corrected chi connectivity index (χ3v) is 8.96. The zero-order chi connectivity index (χ0) is 23.2. The van der Waals surface area contributed by atoms with E-state index in [0.29, 0.717) is 12.3 Å². The largest absolute Gasteiger partial charge is 0.390 e. The first kappa shape index (κ1) is 25.1. The van der Waals surface area contributed by atoms with Crippen molar-refractivity contribution in [2.75, 3.05) is 6.61 Å². The average Bonchev–Trinajstić information content (AvgIpc) is 2.67. The van der Waals surface area contributed by atoms with Crippen molar-refractivity contribution in [3.8, 4) is 0 Å². The van der Waals surface area contributed by atoms with Gasteiger partial charge < -0.3 is 29.9 Å². The zero-order valence-corrected chi connectivity index (χ0v) is 20.0. The first-order chi connectivity index (χ1) is 14.3. The second-order valence-corrected chi connectivity index (χ2v) is 11.8. The molecule has 3 rings (SSSR count). The quantitative estimate of drug-likeness (QED) is 0.474. The monoisotopic (exact) mass is 440 g/mol. The van der Waals surface area contributed by atoms with Crippen LogP contribution in [0, 0.1) is 22.7 Å². The molecule has 0 bridgehead atoms. The Kier molecular flexibility index (Phi) is 7.05. The fourth-order valence-electron chi connectivity index (χ4n) is 7.05. The SMILES string of the molecule is C=C[C@](C)(CC[C@@H]1[C@@]2(C)CCCC(C)(C)[C@@H]2CC[C@@]1(C)O)O[C@@H]1OC[C@@H](O)[C@@H](O)[C@H]1O. The maximum atomic E-state index is 11.4. The summed E-state index contributed by atoms with van der Waals surface area (Å²) in [6.07, 6.45) is 3.70. The van der Waals surface area contributed by atoms with Crippen LogP contribution in [0.3, 0.4) is 0 Å². The Morgan fingerprint density at radius 2 is 1.77 bits per heavy atom. The first-order valence-electron chi connectivity index (χ1n) is 12.0. The molecule has 1 heterocycles. The fourth-order valence-corrected chi connectivity index (χ4v) is 7.05. The Morgan fingerprint density at radius 1 is 1.10 bits per heavy atom. The van der Waals surface area contributed by atoms with E-state index < -0.39 is 35.8 Å². The topological polar surface area (TPSA) is 99.4 Å². The minimum atomic E-state index is -1.33. The predicted octanol–water partition coefficient (Wildman–Crippen LogP) is 3.16. The molecule has 0 aromatic heterocycles. The van der Waals surface area contributed by atoms with Crippen molar-refractivity contribution in [3.63, 3.8) is 0 Å². The molecule has 4 N–H and O–H groups in total. The number of hydrogen-bond acceptors (Lipinski definition) is 6. The molecule has 6 nitrogen and oxygen atoms in total. The Bertz CT molecular complexity index is 648. The smallest absolute Gasteiger partial charge is 0.187 e. The molecule has 0 amide bonds. The molecule has 0 unspecified atom stereocenters. The van der Waals surface area contributed by atoms with Crippen molar-refractivity contribution in [2.45, 2.75) is 115 Å². The summed E-state index contributed by atoms with van der Waals surface area (Å²) in [5.41, 5.74) is -1.19. The van der Waals surface area contributed by atoms with E-state index in [0.717, 1.165) is 25.7 Å². The Labute approximate surface area is 187 Å². The van der Waals surface area contributed by atoms with Gasteiger partial charge in [0.05, 0.1) is 17.8 Å². The molecule has 0 aromatic rings. The summed E-state index contributed by atoms with van der Waals surface area (Å²) in [6, 6.07) is 0. The highest BCUT2D eigenvalue weighted by Gasteiger charge is 2.58. The van der Waals surface area contributed by atoms with Crippen LogP contribution in [0.1, 0.15) is 79.6 Å². The number of aliphatic hydroxyl groups excluding tert-OH is 3. The average molecular weight is 441 g/mol.